The van der Waals surface area contributed by atoms with Crippen molar-refractivity contribution in [2.24, 2.45) is 0 Å². The minimum atomic E-state index is -0.950. The van der Waals surface area contributed by atoms with Crippen LogP contribution in [0.5, 0.6) is 5.75 Å². The third kappa shape index (κ3) is 4.73. The van der Waals surface area contributed by atoms with E-state index in [0.29, 0.717) is 12.1 Å². The second-order valence-corrected chi connectivity index (χ2v) is 8.51. The number of carbonyl (C=O) groups is 1. The summed E-state index contributed by atoms with van der Waals surface area (Å²) in [5, 5.41) is 9.99. The SMILES string of the molecule is COc1ccc(CCN(c2nc3cc(F)ccc3s2)C(C)c2ccc(C(=O)O)cc2)cc1. The summed E-state index contributed by atoms with van der Waals surface area (Å²) >= 11 is 1.52. The topological polar surface area (TPSA) is 62.7 Å². The number of aromatic nitrogens is 1. The Kier molecular flexibility index (Phi) is 6.37. The van der Waals surface area contributed by atoms with E-state index in [2.05, 4.69) is 11.8 Å². The van der Waals surface area contributed by atoms with Crippen molar-refractivity contribution in [2.45, 2.75) is 19.4 Å². The van der Waals surface area contributed by atoms with Crippen LogP contribution in [0.2, 0.25) is 0 Å². The fraction of sp³-hybridized carbons (Fsp3) is 0.200. The minimum absolute atomic E-state index is 0.0542. The van der Waals surface area contributed by atoms with Crippen molar-refractivity contribution >= 4 is 32.7 Å². The van der Waals surface area contributed by atoms with Crippen LogP contribution >= 0.6 is 11.3 Å². The molecule has 0 fully saturated rings. The van der Waals surface area contributed by atoms with Gasteiger partial charge < -0.3 is 14.7 Å². The molecule has 0 aliphatic carbocycles. The number of aromatic carboxylic acids is 1. The summed E-state index contributed by atoms with van der Waals surface area (Å²) in [5.41, 5.74) is 3.03. The molecule has 7 heteroatoms. The molecule has 4 aromatic rings. The third-order valence-corrected chi connectivity index (χ3v) is 6.57. The van der Waals surface area contributed by atoms with Crippen LogP contribution in [-0.4, -0.2) is 29.7 Å². The molecule has 1 heterocycles. The number of rotatable bonds is 8. The van der Waals surface area contributed by atoms with Gasteiger partial charge in [-0.05, 0) is 60.9 Å². The minimum Gasteiger partial charge on any atom is -0.497 e. The van der Waals surface area contributed by atoms with E-state index in [1.54, 1.807) is 25.3 Å². The Morgan fingerprint density at radius 3 is 2.50 bits per heavy atom. The van der Waals surface area contributed by atoms with Crippen molar-refractivity contribution in [2.75, 3.05) is 18.6 Å². The predicted molar refractivity (Wildman–Crippen MR) is 125 cm³/mol. The number of halogens is 1. The lowest BCUT2D eigenvalue weighted by Gasteiger charge is -2.29. The lowest BCUT2D eigenvalue weighted by atomic mass is 10.0. The maximum absolute atomic E-state index is 13.7. The van der Waals surface area contributed by atoms with E-state index >= 15 is 0 Å². The standard InChI is InChI=1S/C25H23FN2O3S/c1-16(18-5-7-19(8-6-18)24(29)30)28(14-13-17-3-10-21(31-2)11-4-17)25-27-22-15-20(26)9-12-23(22)32-25/h3-12,15-16H,13-14H2,1-2H3,(H,29,30). The molecule has 0 aliphatic rings. The molecule has 1 N–H and O–H groups in total. The fourth-order valence-electron chi connectivity index (χ4n) is 3.59. The normalized spacial score (nSPS) is 12.0. The monoisotopic (exact) mass is 450 g/mol. The van der Waals surface area contributed by atoms with Crippen molar-refractivity contribution in [1.29, 1.82) is 0 Å². The van der Waals surface area contributed by atoms with E-state index in [1.807, 2.05) is 36.4 Å². The highest BCUT2D eigenvalue weighted by Crippen LogP contribution is 2.34. The van der Waals surface area contributed by atoms with E-state index in [4.69, 9.17) is 9.72 Å². The Hall–Kier alpha value is -3.45. The molecule has 0 bridgehead atoms. The molecule has 0 radical (unpaired) electrons. The summed E-state index contributed by atoms with van der Waals surface area (Å²) in [5.74, 6) is -0.448. The number of carboxylic acid groups (broad SMARTS) is 1. The quantitative estimate of drug-likeness (QED) is 0.359. The predicted octanol–water partition coefficient (Wildman–Crippen LogP) is 5.95. The van der Waals surface area contributed by atoms with Gasteiger partial charge >= 0.3 is 5.97 Å². The van der Waals surface area contributed by atoms with Crippen LogP contribution in [0.1, 0.15) is 34.5 Å². The van der Waals surface area contributed by atoms with Crippen LogP contribution in [0.15, 0.2) is 66.7 Å². The molecule has 164 valence electrons. The van der Waals surface area contributed by atoms with Crippen LogP contribution in [0.3, 0.4) is 0 Å². The molecule has 5 nitrogen and oxygen atoms in total. The lowest BCUT2D eigenvalue weighted by molar-refractivity contribution is 0.0697. The van der Waals surface area contributed by atoms with Crippen molar-refractivity contribution in [3.8, 4) is 5.75 Å². The summed E-state index contributed by atoms with van der Waals surface area (Å²) in [6.45, 7) is 2.76. The molecule has 1 unspecified atom stereocenters. The zero-order chi connectivity index (χ0) is 22.7. The number of methoxy groups -OCH3 is 1. The van der Waals surface area contributed by atoms with Crippen LogP contribution in [0.25, 0.3) is 10.2 Å². The number of thiazole rings is 1. The lowest BCUT2D eigenvalue weighted by Crippen LogP contribution is -2.29. The molecule has 0 saturated carbocycles. The molecular weight excluding hydrogens is 427 g/mol. The number of nitrogens with zero attached hydrogens (tertiary/aromatic N) is 2. The van der Waals surface area contributed by atoms with Gasteiger partial charge in [-0.3, -0.25) is 0 Å². The summed E-state index contributed by atoms with van der Waals surface area (Å²) in [6, 6.07) is 19.4. The van der Waals surface area contributed by atoms with E-state index in [0.717, 1.165) is 33.1 Å². The second-order valence-electron chi connectivity index (χ2n) is 7.50. The van der Waals surface area contributed by atoms with Gasteiger partial charge in [-0.1, -0.05) is 35.6 Å². The van der Waals surface area contributed by atoms with Gasteiger partial charge in [0.1, 0.15) is 11.6 Å². The zero-order valence-corrected chi connectivity index (χ0v) is 18.6. The average Bonchev–Trinajstić information content (AvgIpc) is 3.22. The molecule has 1 atom stereocenters. The van der Waals surface area contributed by atoms with Gasteiger partial charge in [0.05, 0.1) is 28.9 Å². The number of hydrogen-bond donors (Lipinski definition) is 1. The first-order valence-corrected chi connectivity index (χ1v) is 11.0. The molecule has 3 aromatic carbocycles. The number of ether oxygens (including phenoxy) is 1. The molecule has 0 amide bonds. The highest BCUT2D eigenvalue weighted by molar-refractivity contribution is 7.22. The first-order chi connectivity index (χ1) is 15.4. The smallest absolute Gasteiger partial charge is 0.335 e. The van der Waals surface area contributed by atoms with Gasteiger partial charge in [0.15, 0.2) is 5.13 Å². The van der Waals surface area contributed by atoms with Crippen LogP contribution in [-0.2, 0) is 6.42 Å². The van der Waals surface area contributed by atoms with Crippen molar-refractivity contribution < 1.29 is 19.0 Å². The number of benzene rings is 3. The summed E-state index contributed by atoms with van der Waals surface area (Å²) < 4.78 is 19.9. The fourth-order valence-corrected chi connectivity index (χ4v) is 4.64. The van der Waals surface area contributed by atoms with Crippen LogP contribution in [0.4, 0.5) is 9.52 Å². The van der Waals surface area contributed by atoms with Gasteiger partial charge in [-0.2, -0.15) is 0 Å². The molecule has 0 aliphatic heterocycles. The Morgan fingerprint density at radius 1 is 1.12 bits per heavy atom. The highest BCUT2D eigenvalue weighted by Gasteiger charge is 2.21. The summed E-state index contributed by atoms with van der Waals surface area (Å²) in [6.07, 6.45) is 0.784. The second kappa shape index (κ2) is 9.36. The largest absolute Gasteiger partial charge is 0.497 e. The molecule has 1 aromatic heterocycles. The van der Waals surface area contributed by atoms with E-state index < -0.39 is 5.97 Å². The highest BCUT2D eigenvalue weighted by atomic mass is 32.1. The van der Waals surface area contributed by atoms with E-state index in [1.165, 1.54) is 23.5 Å². The van der Waals surface area contributed by atoms with Gasteiger partial charge in [0, 0.05) is 12.6 Å². The number of carboxylic acids is 1. The van der Waals surface area contributed by atoms with Gasteiger partial charge in [-0.15, -0.1) is 0 Å². The van der Waals surface area contributed by atoms with Crippen LogP contribution in [0, 0.1) is 5.82 Å². The Balaban J connectivity index is 1.64. The third-order valence-electron chi connectivity index (χ3n) is 5.49. The number of fused-ring (bicyclic) bond motifs is 1. The van der Waals surface area contributed by atoms with Crippen molar-refractivity contribution in [3.05, 3.63) is 89.2 Å². The molecule has 0 spiro atoms. The molecule has 32 heavy (non-hydrogen) atoms. The van der Waals surface area contributed by atoms with Crippen molar-refractivity contribution in [3.63, 3.8) is 0 Å². The number of anilines is 1. The van der Waals surface area contributed by atoms with Crippen molar-refractivity contribution in [1.82, 2.24) is 4.98 Å². The maximum Gasteiger partial charge on any atom is 0.335 e. The Morgan fingerprint density at radius 2 is 1.84 bits per heavy atom. The van der Waals surface area contributed by atoms with Gasteiger partial charge in [0.2, 0.25) is 0 Å². The maximum atomic E-state index is 13.7. The first-order valence-electron chi connectivity index (χ1n) is 10.2. The van der Waals surface area contributed by atoms with E-state index in [-0.39, 0.29) is 17.4 Å². The zero-order valence-electron chi connectivity index (χ0n) is 17.8. The Labute approximate surface area is 189 Å². The Bertz CT molecular complexity index is 1220. The average molecular weight is 451 g/mol. The van der Waals surface area contributed by atoms with Gasteiger partial charge in [0.25, 0.3) is 0 Å². The van der Waals surface area contributed by atoms with Gasteiger partial charge in [-0.25, -0.2) is 14.2 Å². The number of hydrogen-bond acceptors (Lipinski definition) is 5. The molecule has 0 saturated heterocycles. The molecular formula is C25H23FN2O3S. The molecule has 4 rings (SSSR count). The first kappa shape index (κ1) is 21.8. The summed E-state index contributed by atoms with van der Waals surface area (Å²) in [7, 11) is 1.64. The van der Waals surface area contributed by atoms with E-state index in [9.17, 15) is 14.3 Å². The summed E-state index contributed by atoms with van der Waals surface area (Å²) in [4.78, 5) is 18.1. The van der Waals surface area contributed by atoms with Crippen LogP contribution < -0.4 is 9.64 Å².